The van der Waals surface area contributed by atoms with Crippen molar-refractivity contribution in [1.29, 1.82) is 0 Å². The number of hydrogen-bond acceptors (Lipinski definition) is 1. The molecule has 2 rings (SSSR count). The average Bonchev–Trinajstić information content (AvgIpc) is 2.68. The maximum atomic E-state index is 9.89. The topological polar surface area (TPSA) is 20.2 Å². The van der Waals surface area contributed by atoms with E-state index < -0.39 is 0 Å². The maximum Gasteiger partial charge on any atom is 0.0756 e. The third-order valence-electron chi connectivity index (χ3n) is 3.19. The molecule has 0 aromatic heterocycles. The molecule has 1 heteroatoms. The minimum Gasteiger partial charge on any atom is -0.389 e. The van der Waals surface area contributed by atoms with Crippen LogP contribution in [0.1, 0.15) is 38.2 Å². The third-order valence-corrected chi connectivity index (χ3v) is 3.19. The Morgan fingerprint density at radius 1 is 1.33 bits per heavy atom. The summed E-state index contributed by atoms with van der Waals surface area (Å²) in [6.45, 7) is 2.17. The molecule has 1 atom stereocenters. The van der Waals surface area contributed by atoms with Gasteiger partial charge in [-0.2, -0.15) is 0 Å². The van der Waals surface area contributed by atoms with Crippen LogP contribution in [0.15, 0.2) is 35.9 Å². The van der Waals surface area contributed by atoms with Crippen LogP contribution in [0.25, 0.3) is 5.57 Å². The molecule has 80 valence electrons. The van der Waals surface area contributed by atoms with E-state index in [1.165, 1.54) is 16.7 Å². The zero-order valence-electron chi connectivity index (χ0n) is 9.24. The number of allylic oxidation sites excluding steroid dienone is 1. The molecule has 1 nitrogen and oxygen atoms in total. The molecule has 0 saturated heterocycles. The second-order valence-electron chi connectivity index (χ2n) is 4.13. The van der Waals surface area contributed by atoms with Gasteiger partial charge < -0.3 is 5.11 Å². The average molecular weight is 202 g/mol. The van der Waals surface area contributed by atoms with E-state index in [1.807, 2.05) is 6.07 Å². The summed E-state index contributed by atoms with van der Waals surface area (Å²) in [5.41, 5.74) is 3.89. The Labute approximate surface area is 91.4 Å². The molecule has 0 aliphatic heterocycles. The van der Waals surface area contributed by atoms with Crippen molar-refractivity contribution in [2.24, 2.45) is 0 Å². The van der Waals surface area contributed by atoms with Gasteiger partial charge in [0.25, 0.3) is 0 Å². The van der Waals surface area contributed by atoms with Crippen molar-refractivity contribution < 1.29 is 5.11 Å². The summed E-state index contributed by atoms with van der Waals surface area (Å²) in [5, 5.41) is 9.89. The summed E-state index contributed by atoms with van der Waals surface area (Å²) in [5.74, 6) is 0. The van der Waals surface area contributed by atoms with Crippen LogP contribution >= 0.6 is 0 Å². The van der Waals surface area contributed by atoms with Crippen molar-refractivity contribution in [3.05, 3.63) is 41.5 Å². The van der Waals surface area contributed by atoms with Crippen molar-refractivity contribution >= 4 is 5.57 Å². The first-order valence-corrected chi connectivity index (χ1v) is 5.78. The van der Waals surface area contributed by atoms with E-state index in [0.29, 0.717) is 0 Å². The van der Waals surface area contributed by atoms with Crippen LogP contribution in [0, 0.1) is 0 Å². The molecule has 1 saturated carbocycles. The Balaban J connectivity index is 2.39. The molecule has 1 aliphatic carbocycles. The molecule has 1 aliphatic rings. The molecule has 0 amide bonds. The Morgan fingerprint density at radius 3 is 2.60 bits per heavy atom. The highest BCUT2D eigenvalue weighted by molar-refractivity contribution is 5.69. The van der Waals surface area contributed by atoms with Gasteiger partial charge in [-0.3, -0.25) is 0 Å². The lowest BCUT2D eigenvalue weighted by atomic mass is 9.96. The Hall–Kier alpha value is -1.08. The second kappa shape index (κ2) is 4.63. The number of benzene rings is 1. The molecule has 1 aromatic carbocycles. The molecular weight excluding hydrogens is 184 g/mol. The van der Waals surface area contributed by atoms with E-state index in [9.17, 15) is 5.11 Å². The van der Waals surface area contributed by atoms with Crippen molar-refractivity contribution in [3.63, 3.8) is 0 Å². The summed E-state index contributed by atoms with van der Waals surface area (Å²) in [6.07, 6.45) is 3.95. The summed E-state index contributed by atoms with van der Waals surface area (Å²) in [7, 11) is 0. The summed E-state index contributed by atoms with van der Waals surface area (Å²) in [6, 6.07) is 10.4. The Morgan fingerprint density at radius 2 is 2.07 bits per heavy atom. The number of aliphatic hydroxyl groups is 1. The van der Waals surface area contributed by atoms with E-state index in [0.717, 1.165) is 25.7 Å². The molecule has 1 unspecified atom stereocenters. The van der Waals surface area contributed by atoms with Crippen molar-refractivity contribution in [2.45, 2.75) is 38.7 Å². The van der Waals surface area contributed by atoms with Gasteiger partial charge in [0.15, 0.2) is 0 Å². The fourth-order valence-corrected chi connectivity index (χ4v) is 2.43. The highest BCUT2D eigenvalue weighted by Gasteiger charge is 2.21. The normalized spacial score (nSPS) is 24.3. The summed E-state index contributed by atoms with van der Waals surface area (Å²) >= 11 is 0. The van der Waals surface area contributed by atoms with Gasteiger partial charge in [-0.25, -0.2) is 0 Å². The first-order chi connectivity index (χ1) is 7.33. The monoisotopic (exact) mass is 202 g/mol. The van der Waals surface area contributed by atoms with Crippen LogP contribution in [0.4, 0.5) is 0 Å². The second-order valence-corrected chi connectivity index (χ2v) is 4.13. The van der Waals surface area contributed by atoms with E-state index in [4.69, 9.17) is 0 Å². The molecule has 0 heterocycles. The van der Waals surface area contributed by atoms with Gasteiger partial charge in [-0.15, -0.1) is 0 Å². The van der Waals surface area contributed by atoms with Crippen LogP contribution in [0.3, 0.4) is 0 Å². The summed E-state index contributed by atoms with van der Waals surface area (Å²) < 4.78 is 0. The standard InChI is InChI=1S/C14H18O/c1-2-12(11-7-4-3-5-8-11)13-9-6-10-14(13)15/h3-5,7-8,14-15H,2,6,9-10H2,1H3/b13-12-. The Bertz CT molecular complexity index is 351. The van der Waals surface area contributed by atoms with Crippen molar-refractivity contribution in [3.8, 4) is 0 Å². The summed E-state index contributed by atoms with van der Waals surface area (Å²) in [4.78, 5) is 0. The lowest BCUT2D eigenvalue weighted by Gasteiger charge is -2.12. The molecule has 0 bridgehead atoms. The quantitative estimate of drug-likeness (QED) is 0.779. The maximum absolute atomic E-state index is 9.89. The van der Waals surface area contributed by atoms with Gasteiger partial charge in [-0.1, -0.05) is 37.3 Å². The lowest BCUT2D eigenvalue weighted by Crippen LogP contribution is -2.04. The van der Waals surface area contributed by atoms with Gasteiger partial charge in [0.05, 0.1) is 6.10 Å². The number of aliphatic hydroxyl groups excluding tert-OH is 1. The van der Waals surface area contributed by atoms with Crippen LogP contribution in [-0.2, 0) is 0 Å². The minimum atomic E-state index is -0.194. The molecule has 15 heavy (non-hydrogen) atoms. The fraction of sp³-hybridized carbons (Fsp3) is 0.429. The molecular formula is C14H18O. The fourth-order valence-electron chi connectivity index (χ4n) is 2.43. The van der Waals surface area contributed by atoms with E-state index in [1.54, 1.807) is 0 Å². The van der Waals surface area contributed by atoms with Crippen LogP contribution in [0.5, 0.6) is 0 Å². The molecule has 0 radical (unpaired) electrons. The molecule has 1 aromatic rings. The first-order valence-electron chi connectivity index (χ1n) is 5.78. The highest BCUT2D eigenvalue weighted by atomic mass is 16.3. The molecule has 0 spiro atoms. The van der Waals surface area contributed by atoms with E-state index in [-0.39, 0.29) is 6.10 Å². The Kier molecular flexibility index (Phi) is 3.22. The van der Waals surface area contributed by atoms with Crippen molar-refractivity contribution in [1.82, 2.24) is 0 Å². The van der Waals surface area contributed by atoms with Gasteiger partial charge in [0.2, 0.25) is 0 Å². The third kappa shape index (κ3) is 2.13. The lowest BCUT2D eigenvalue weighted by molar-refractivity contribution is 0.218. The van der Waals surface area contributed by atoms with Gasteiger partial charge in [0.1, 0.15) is 0 Å². The molecule has 1 fully saturated rings. The smallest absolute Gasteiger partial charge is 0.0756 e. The first kappa shape index (κ1) is 10.4. The van der Waals surface area contributed by atoms with Gasteiger partial charge in [-0.05, 0) is 42.4 Å². The van der Waals surface area contributed by atoms with Crippen LogP contribution < -0.4 is 0 Å². The highest BCUT2D eigenvalue weighted by Crippen LogP contribution is 2.33. The van der Waals surface area contributed by atoms with Crippen LogP contribution in [-0.4, -0.2) is 11.2 Å². The zero-order valence-corrected chi connectivity index (χ0v) is 9.24. The molecule has 1 N–H and O–H groups in total. The predicted octanol–water partition coefficient (Wildman–Crippen LogP) is 3.40. The van der Waals surface area contributed by atoms with Gasteiger partial charge in [0, 0.05) is 0 Å². The number of hydrogen-bond donors (Lipinski definition) is 1. The van der Waals surface area contributed by atoms with E-state index in [2.05, 4.69) is 31.2 Å². The minimum absolute atomic E-state index is 0.194. The largest absolute Gasteiger partial charge is 0.389 e. The zero-order chi connectivity index (χ0) is 10.7. The predicted molar refractivity (Wildman–Crippen MR) is 63.5 cm³/mol. The van der Waals surface area contributed by atoms with Crippen LogP contribution in [0.2, 0.25) is 0 Å². The van der Waals surface area contributed by atoms with E-state index >= 15 is 0 Å². The van der Waals surface area contributed by atoms with Crippen molar-refractivity contribution in [2.75, 3.05) is 0 Å². The van der Waals surface area contributed by atoms with Gasteiger partial charge >= 0.3 is 0 Å². The number of rotatable bonds is 2. The SMILES string of the molecule is CC/C(=C1\CCCC1O)c1ccccc1.